The van der Waals surface area contributed by atoms with E-state index in [1.807, 2.05) is 24.3 Å². The molecule has 5 rings (SSSR count). The van der Waals surface area contributed by atoms with Crippen molar-refractivity contribution in [1.82, 2.24) is 0 Å². The number of hydrogen-bond acceptors (Lipinski definition) is 3. The molecule has 232 valence electrons. The van der Waals surface area contributed by atoms with Gasteiger partial charge in [0.1, 0.15) is 11.9 Å². The van der Waals surface area contributed by atoms with Crippen LogP contribution in [0.3, 0.4) is 0 Å². The molecule has 1 aliphatic heterocycles. The molecule has 9 heteroatoms. The minimum absolute atomic E-state index is 0.151. The van der Waals surface area contributed by atoms with Gasteiger partial charge in [0.25, 0.3) is 0 Å². The third-order valence-corrected chi connectivity index (χ3v) is 8.52. The Kier molecular flexibility index (Phi) is 10.1. The number of benzene rings is 3. The van der Waals surface area contributed by atoms with Gasteiger partial charge in [0, 0.05) is 5.56 Å². The summed E-state index contributed by atoms with van der Waals surface area (Å²) in [6, 6.07) is 12.8. The first kappa shape index (κ1) is 31.5. The number of alkyl halides is 2. The number of hydrogen-bond donors (Lipinski definition) is 0. The van der Waals surface area contributed by atoms with Gasteiger partial charge < -0.3 is 14.2 Å². The van der Waals surface area contributed by atoms with Crippen molar-refractivity contribution in [3.63, 3.8) is 0 Å². The third kappa shape index (κ3) is 7.62. The number of halogens is 6. The number of ether oxygens (including phenoxy) is 3. The van der Waals surface area contributed by atoms with E-state index >= 15 is 0 Å². The molecule has 0 aromatic heterocycles. The molecule has 3 aromatic rings. The van der Waals surface area contributed by atoms with Gasteiger partial charge in [0.2, 0.25) is 0 Å². The minimum Gasteiger partial charge on any atom is -0.346 e. The van der Waals surface area contributed by atoms with Crippen LogP contribution in [0.25, 0.3) is 11.1 Å². The average Bonchev–Trinajstić information content (AvgIpc) is 3.00. The summed E-state index contributed by atoms with van der Waals surface area (Å²) in [6.07, 6.45) is 3.38. The molecule has 0 bridgehead atoms. The fourth-order valence-corrected chi connectivity index (χ4v) is 6.08. The summed E-state index contributed by atoms with van der Waals surface area (Å²) in [7, 11) is 0. The van der Waals surface area contributed by atoms with Crippen LogP contribution in [0.1, 0.15) is 87.2 Å². The van der Waals surface area contributed by atoms with Crippen molar-refractivity contribution in [2.24, 2.45) is 5.92 Å². The van der Waals surface area contributed by atoms with Gasteiger partial charge in [-0.15, -0.1) is 0 Å². The molecule has 0 radical (unpaired) electrons. The summed E-state index contributed by atoms with van der Waals surface area (Å²) in [5.74, 6) is -4.31. The second-order valence-corrected chi connectivity index (χ2v) is 11.6. The van der Waals surface area contributed by atoms with Crippen LogP contribution >= 0.6 is 0 Å². The highest BCUT2D eigenvalue weighted by Gasteiger charge is 2.40. The Hall–Kier alpha value is -2.88. The lowest BCUT2D eigenvalue weighted by Crippen LogP contribution is -2.38. The first-order valence-corrected chi connectivity index (χ1v) is 15.0. The molecule has 2 aliphatic rings. The first-order valence-electron chi connectivity index (χ1n) is 15.0. The molecule has 2 fully saturated rings. The predicted molar refractivity (Wildman–Crippen MR) is 150 cm³/mol. The van der Waals surface area contributed by atoms with Crippen LogP contribution < -0.4 is 0 Å². The molecule has 1 aliphatic carbocycles. The highest BCUT2D eigenvalue weighted by Crippen LogP contribution is 2.39. The van der Waals surface area contributed by atoms with Crippen LogP contribution in [0.2, 0.25) is 0 Å². The maximum atomic E-state index is 15.0. The van der Waals surface area contributed by atoms with E-state index in [1.165, 1.54) is 50.2 Å². The van der Waals surface area contributed by atoms with Gasteiger partial charge >= 0.3 is 6.11 Å². The highest BCUT2D eigenvalue weighted by molar-refractivity contribution is 5.64. The van der Waals surface area contributed by atoms with Crippen molar-refractivity contribution in [1.29, 1.82) is 0 Å². The highest BCUT2D eigenvalue weighted by atomic mass is 19.3. The normalized spacial score (nSPS) is 23.0. The molecule has 3 nitrogen and oxygen atoms in total. The summed E-state index contributed by atoms with van der Waals surface area (Å²) in [5, 5.41) is 0. The second kappa shape index (κ2) is 13.8. The van der Waals surface area contributed by atoms with E-state index in [-0.39, 0.29) is 5.56 Å². The Morgan fingerprint density at radius 3 is 1.98 bits per heavy atom. The van der Waals surface area contributed by atoms with Gasteiger partial charge in [-0.3, -0.25) is 0 Å². The SMILES string of the molecule is CCCCCC1CCC(c2ccc(-c3ccc(C(F)(F)OC4COC(c5cc(F)c(F)c(F)c5)OC4)c(F)c3)cc2)CC1. The van der Waals surface area contributed by atoms with E-state index in [4.69, 9.17) is 14.2 Å². The van der Waals surface area contributed by atoms with E-state index in [1.54, 1.807) is 0 Å². The van der Waals surface area contributed by atoms with Gasteiger partial charge in [-0.25, -0.2) is 17.6 Å². The summed E-state index contributed by atoms with van der Waals surface area (Å²) >= 11 is 0. The Morgan fingerprint density at radius 1 is 0.744 bits per heavy atom. The molecule has 1 saturated heterocycles. The molecule has 0 spiro atoms. The smallest absolute Gasteiger partial charge is 0.346 e. The quantitative estimate of drug-likeness (QED) is 0.131. The van der Waals surface area contributed by atoms with Gasteiger partial charge in [-0.05, 0) is 78.5 Å². The lowest BCUT2D eigenvalue weighted by atomic mass is 9.77. The minimum atomic E-state index is -4.00. The van der Waals surface area contributed by atoms with Crippen LogP contribution in [0, 0.1) is 29.2 Å². The third-order valence-electron chi connectivity index (χ3n) is 8.52. The van der Waals surface area contributed by atoms with E-state index < -0.39 is 60.5 Å². The fraction of sp³-hybridized carbons (Fsp3) is 0.471. The zero-order valence-electron chi connectivity index (χ0n) is 24.1. The molecule has 0 unspecified atom stereocenters. The van der Waals surface area contributed by atoms with Crippen LogP contribution in [-0.4, -0.2) is 19.3 Å². The molecular formula is C34H36F6O3. The summed E-state index contributed by atoms with van der Waals surface area (Å²) in [6.45, 7) is 1.38. The molecule has 0 amide bonds. The van der Waals surface area contributed by atoms with Gasteiger partial charge in [0.15, 0.2) is 23.7 Å². The van der Waals surface area contributed by atoms with Gasteiger partial charge in [-0.2, -0.15) is 8.78 Å². The monoisotopic (exact) mass is 606 g/mol. The standard InChI is InChI=1S/C34H36F6O3/c1-2-3-4-5-21-6-8-22(9-7-21)23-10-12-24(13-11-23)25-14-15-28(29(35)16-25)34(39,40)43-27-19-41-33(42-20-27)26-17-30(36)32(38)31(37)18-26/h10-18,21-22,27,33H,2-9,19-20H2,1H3. The van der Waals surface area contributed by atoms with Crippen LogP contribution in [-0.2, 0) is 20.3 Å². The first-order chi connectivity index (χ1) is 20.6. The Balaban J connectivity index is 1.16. The zero-order chi connectivity index (χ0) is 30.6. The maximum Gasteiger partial charge on any atom is 0.386 e. The van der Waals surface area contributed by atoms with Crippen LogP contribution in [0.5, 0.6) is 0 Å². The summed E-state index contributed by atoms with van der Waals surface area (Å²) in [4.78, 5) is 0. The van der Waals surface area contributed by atoms with Crippen molar-refractivity contribution >= 4 is 0 Å². The van der Waals surface area contributed by atoms with Crippen molar-refractivity contribution in [3.05, 3.63) is 94.6 Å². The van der Waals surface area contributed by atoms with Gasteiger partial charge in [-0.1, -0.05) is 62.9 Å². The lowest BCUT2D eigenvalue weighted by molar-refractivity contribution is -0.321. The molecular weight excluding hydrogens is 570 g/mol. The lowest BCUT2D eigenvalue weighted by Gasteiger charge is -2.32. The van der Waals surface area contributed by atoms with Crippen molar-refractivity contribution < 1.29 is 40.6 Å². The largest absolute Gasteiger partial charge is 0.386 e. The van der Waals surface area contributed by atoms with E-state index in [9.17, 15) is 26.3 Å². The summed E-state index contributed by atoms with van der Waals surface area (Å²) in [5.41, 5.74) is 1.35. The molecule has 3 aromatic carbocycles. The Labute approximate surface area is 248 Å². The average molecular weight is 607 g/mol. The Bertz CT molecular complexity index is 1340. The van der Waals surface area contributed by atoms with Crippen LogP contribution in [0.4, 0.5) is 26.3 Å². The summed E-state index contributed by atoms with van der Waals surface area (Å²) < 4.78 is 101. The maximum absolute atomic E-state index is 15.0. The van der Waals surface area contributed by atoms with Crippen molar-refractivity contribution in [3.8, 4) is 11.1 Å². The number of unbranched alkanes of at least 4 members (excludes halogenated alkanes) is 2. The van der Waals surface area contributed by atoms with E-state index in [0.29, 0.717) is 23.6 Å². The van der Waals surface area contributed by atoms with E-state index in [2.05, 4.69) is 6.92 Å². The van der Waals surface area contributed by atoms with E-state index in [0.717, 1.165) is 36.5 Å². The molecule has 1 heterocycles. The topological polar surface area (TPSA) is 27.7 Å². The number of rotatable bonds is 10. The van der Waals surface area contributed by atoms with Gasteiger partial charge in [0.05, 0.1) is 18.8 Å². The Morgan fingerprint density at radius 2 is 1.37 bits per heavy atom. The molecule has 0 atom stereocenters. The van der Waals surface area contributed by atoms with Crippen LogP contribution in [0.15, 0.2) is 54.6 Å². The molecule has 43 heavy (non-hydrogen) atoms. The zero-order valence-corrected chi connectivity index (χ0v) is 24.1. The predicted octanol–water partition coefficient (Wildman–Crippen LogP) is 9.94. The van der Waals surface area contributed by atoms with Crippen molar-refractivity contribution in [2.75, 3.05) is 13.2 Å². The van der Waals surface area contributed by atoms with Crippen molar-refractivity contribution in [2.45, 2.75) is 82.7 Å². The fourth-order valence-electron chi connectivity index (χ4n) is 6.08. The molecule has 1 saturated carbocycles. The second-order valence-electron chi connectivity index (χ2n) is 11.6. The molecule has 0 N–H and O–H groups in total.